The number of rotatable bonds is 4. The average molecular weight is 295 g/mol. The van der Waals surface area contributed by atoms with Gasteiger partial charge in [0.15, 0.2) is 6.10 Å². The summed E-state index contributed by atoms with van der Waals surface area (Å²) in [6.45, 7) is 0.336. The maximum atomic E-state index is 12.3. The Morgan fingerprint density at radius 1 is 1.33 bits per heavy atom. The van der Waals surface area contributed by atoms with E-state index in [9.17, 15) is 15.0 Å². The molecule has 1 aromatic rings. The molecule has 0 radical (unpaired) electrons. The van der Waals surface area contributed by atoms with Crippen LogP contribution in [0.1, 0.15) is 24.5 Å². The molecule has 1 atom stereocenters. The quantitative estimate of drug-likeness (QED) is 0.731. The van der Waals surface area contributed by atoms with Gasteiger partial charge in [0.05, 0.1) is 19.3 Å². The molecule has 2 rings (SSSR count). The Morgan fingerprint density at radius 3 is 2.38 bits per heavy atom. The molecule has 6 heteroatoms. The van der Waals surface area contributed by atoms with Crippen LogP contribution in [0.5, 0.6) is 5.75 Å². The van der Waals surface area contributed by atoms with Gasteiger partial charge in [-0.1, -0.05) is 12.1 Å². The van der Waals surface area contributed by atoms with Gasteiger partial charge < -0.3 is 25.0 Å². The summed E-state index contributed by atoms with van der Waals surface area (Å²) in [4.78, 5) is 13.8. The van der Waals surface area contributed by atoms with Crippen LogP contribution in [-0.2, 0) is 4.79 Å². The number of aliphatic hydroxyl groups excluding tert-OH is 2. The lowest BCUT2D eigenvalue weighted by Crippen LogP contribution is -2.49. The Kier molecular flexibility index (Phi) is 4.82. The molecule has 1 aliphatic heterocycles. The molecule has 6 nitrogen and oxygen atoms in total. The number of nitrogens with zero attached hydrogens (tertiary/aromatic N) is 1. The largest absolute Gasteiger partial charge is 0.497 e. The van der Waals surface area contributed by atoms with E-state index in [0.717, 1.165) is 0 Å². The van der Waals surface area contributed by atoms with Gasteiger partial charge in [-0.05, 0) is 30.5 Å². The molecule has 1 heterocycles. The number of carbonyl (C=O) groups excluding carboxylic acids is 1. The van der Waals surface area contributed by atoms with E-state index >= 15 is 0 Å². The maximum absolute atomic E-state index is 12.3. The summed E-state index contributed by atoms with van der Waals surface area (Å²) in [5, 5.41) is 29.2. The average Bonchev–Trinajstić information content (AvgIpc) is 2.54. The zero-order chi connectivity index (χ0) is 15.5. The van der Waals surface area contributed by atoms with Crippen LogP contribution in [-0.4, -0.2) is 58.5 Å². The summed E-state index contributed by atoms with van der Waals surface area (Å²) in [5.41, 5.74) is -0.606. The normalized spacial score (nSPS) is 19.1. The van der Waals surface area contributed by atoms with E-state index in [1.54, 1.807) is 31.4 Å². The molecule has 21 heavy (non-hydrogen) atoms. The van der Waals surface area contributed by atoms with E-state index in [-0.39, 0.29) is 12.5 Å². The number of hydrogen-bond acceptors (Lipinski definition) is 5. The number of piperidine rings is 1. The lowest BCUT2D eigenvalue weighted by molar-refractivity contribution is -0.146. The van der Waals surface area contributed by atoms with Gasteiger partial charge in [0.25, 0.3) is 5.91 Å². The van der Waals surface area contributed by atoms with Gasteiger partial charge in [-0.2, -0.15) is 0 Å². The zero-order valence-electron chi connectivity index (χ0n) is 12.0. The minimum absolute atomic E-state index is 0.309. The number of hydrogen-bond donors (Lipinski definition) is 3. The molecule has 0 aliphatic carbocycles. The highest BCUT2D eigenvalue weighted by Crippen LogP contribution is 2.25. The highest BCUT2D eigenvalue weighted by Gasteiger charge is 2.35. The van der Waals surface area contributed by atoms with E-state index in [2.05, 4.69) is 0 Å². The first kappa shape index (κ1) is 15.8. The number of likely N-dealkylation sites (tertiary alicyclic amines) is 1. The highest BCUT2D eigenvalue weighted by molar-refractivity contribution is 5.82. The van der Waals surface area contributed by atoms with Crippen LogP contribution in [0.3, 0.4) is 0 Å². The lowest BCUT2D eigenvalue weighted by atomic mass is 9.92. The lowest BCUT2D eigenvalue weighted by Gasteiger charge is -2.37. The fraction of sp³-hybridized carbons (Fsp3) is 0.533. The molecule has 0 spiro atoms. The number of carbonyl (C=O) groups is 1. The van der Waals surface area contributed by atoms with Crippen LogP contribution in [0.2, 0.25) is 0 Å². The molecule has 1 fully saturated rings. The third kappa shape index (κ3) is 3.53. The maximum Gasteiger partial charge on any atom is 0.256 e. The Labute approximate surface area is 123 Å². The molecule has 1 aliphatic rings. The molecule has 0 saturated carbocycles. The summed E-state index contributed by atoms with van der Waals surface area (Å²) >= 11 is 0. The summed E-state index contributed by atoms with van der Waals surface area (Å²) in [6, 6.07) is 6.67. The molecular formula is C15H21NO5. The predicted octanol–water partition coefficient (Wildman–Crippen LogP) is 0.0744. The van der Waals surface area contributed by atoms with E-state index in [4.69, 9.17) is 9.84 Å². The van der Waals surface area contributed by atoms with Crippen LogP contribution in [0.15, 0.2) is 24.3 Å². The SMILES string of the molecule is COc1ccc([C@@H](O)C(=O)N2CCC(O)(CO)CC2)cc1. The van der Waals surface area contributed by atoms with E-state index in [1.165, 1.54) is 4.90 Å². The van der Waals surface area contributed by atoms with Crippen LogP contribution in [0, 0.1) is 0 Å². The molecule has 1 aromatic carbocycles. The Balaban J connectivity index is 1.99. The van der Waals surface area contributed by atoms with Gasteiger partial charge in [-0.3, -0.25) is 4.79 Å². The Hall–Kier alpha value is -1.63. The zero-order valence-corrected chi connectivity index (χ0v) is 12.0. The van der Waals surface area contributed by atoms with Crippen molar-refractivity contribution in [2.75, 3.05) is 26.8 Å². The standard InChI is InChI=1S/C15H21NO5/c1-21-12-4-2-11(3-5-12)13(18)14(19)16-8-6-15(20,10-17)7-9-16/h2-5,13,17-18,20H,6-10H2,1H3/t13-/m1/s1. The fourth-order valence-electron chi connectivity index (χ4n) is 2.40. The first-order chi connectivity index (χ1) is 9.99. The third-order valence-electron chi connectivity index (χ3n) is 3.97. The van der Waals surface area contributed by atoms with Crippen LogP contribution in [0.4, 0.5) is 0 Å². The number of methoxy groups -OCH3 is 1. The number of aliphatic hydroxyl groups is 3. The van der Waals surface area contributed by atoms with Crippen molar-refractivity contribution < 1.29 is 24.9 Å². The molecule has 3 N–H and O–H groups in total. The van der Waals surface area contributed by atoms with Gasteiger partial charge >= 0.3 is 0 Å². The number of ether oxygens (including phenoxy) is 1. The van der Waals surface area contributed by atoms with Crippen molar-refractivity contribution in [3.05, 3.63) is 29.8 Å². The Bertz CT molecular complexity index is 479. The summed E-state index contributed by atoms with van der Waals surface area (Å²) < 4.78 is 5.03. The number of amides is 1. The molecule has 1 saturated heterocycles. The monoisotopic (exact) mass is 295 g/mol. The molecule has 0 bridgehead atoms. The van der Waals surface area contributed by atoms with E-state index in [0.29, 0.717) is 37.2 Å². The second kappa shape index (κ2) is 6.43. The van der Waals surface area contributed by atoms with Crippen molar-refractivity contribution in [3.8, 4) is 5.75 Å². The number of benzene rings is 1. The summed E-state index contributed by atoms with van der Waals surface area (Å²) in [7, 11) is 1.55. The van der Waals surface area contributed by atoms with Gasteiger partial charge in [0, 0.05) is 13.1 Å². The van der Waals surface area contributed by atoms with E-state index < -0.39 is 11.7 Å². The molecule has 0 unspecified atom stereocenters. The van der Waals surface area contributed by atoms with Crippen molar-refractivity contribution in [1.82, 2.24) is 4.90 Å². The van der Waals surface area contributed by atoms with Crippen LogP contribution in [0.25, 0.3) is 0 Å². The minimum atomic E-state index is -1.23. The summed E-state index contributed by atoms with van der Waals surface area (Å²) in [6.07, 6.45) is -0.606. The van der Waals surface area contributed by atoms with Gasteiger partial charge in [0.2, 0.25) is 0 Å². The summed E-state index contributed by atoms with van der Waals surface area (Å²) in [5.74, 6) is 0.268. The van der Waals surface area contributed by atoms with Crippen molar-refractivity contribution >= 4 is 5.91 Å². The second-order valence-corrected chi connectivity index (χ2v) is 5.38. The third-order valence-corrected chi connectivity index (χ3v) is 3.97. The van der Waals surface area contributed by atoms with E-state index in [1.807, 2.05) is 0 Å². The van der Waals surface area contributed by atoms with Crippen LogP contribution >= 0.6 is 0 Å². The Morgan fingerprint density at radius 2 is 1.90 bits per heavy atom. The van der Waals surface area contributed by atoms with Gasteiger partial charge in [-0.25, -0.2) is 0 Å². The first-order valence-electron chi connectivity index (χ1n) is 6.93. The second-order valence-electron chi connectivity index (χ2n) is 5.38. The highest BCUT2D eigenvalue weighted by atomic mass is 16.5. The van der Waals surface area contributed by atoms with Crippen LogP contribution < -0.4 is 4.74 Å². The topological polar surface area (TPSA) is 90.2 Å². The first-order valence-corrected chi connectivity index (χ1v) is 6.93. The fourth-order valence-corrected chi connectivity index (χ4v) is 2.40. The smallest absolute Gasteiger partial charge is 0.256 e. The van der Waals surface area contributed by atoms with Crippen molar-refractivity contribution in [3.63, 3.8) is 0 Å². The molecule has 0 aromatic heterocycles. The molecule has 116 valence electrons. The molecular weight excluding hydrogens is 274 g/mol. The minimum Gasteiger partial charge on any atom is -0.497 e. The van der Waals surface area contributed by atoms with Crippen molar-refractivity contribution in [2.45, 2.75) is 24.5 Å². The predicted molar refractivity (Wildman–Crippen MR) is 75.8 cm³/mol. The van der Waals surface area contributed by atoms with Gasteiger partial charge in [0.1, 0.15) is 5.75 Å². The van der Waals surface area contributed by atoms with Crippen molar-refractivity contribution in [2.24, 2.45) is 0 Å². The van der Waals surface area contributed by atoms with Crippen molar-refractivity contribution in [1.29, 1.82) is 0 Å². The molecule has 1 amide bonds. The van der Waals surface area contributed by atoms with Gasteiger partial charge in [-0.15, -0.1) is 0 Å².